The van der Waals surface area contributed by atoms with Gasteiger partial charge in [-0.3, -0.25) is 0 Å². The Morgan fingerprint density at radius 3 is 2.21 bits per heavy atom. The zero-order chi connectivity index (χ0) is 14.0. The van der Waals surface area contributed by atoms with E-state index in [1.165, 1.54) is 0 Å². The van der Waals surface area contributed by atoms with E-state index in [4.69, 9.17) is 9.47 Å². The Morgan fingerprint density at radius 1 is 1.05 bits per heavy atom. The largest absolute Gasteiger partial charge is 0.353 e. The minimum Gasteiger partial charge on any atom is -0.353 e. The summed E-state index contributed by atoms with van der Waals surface area (Å²) in [5.41, 5.74) is -0.771. The van der Waals surface area contributed by atoms with Gasteiger partial charge in [0.2, 0.25) is 0 Å². The molecule has 0 aromatic heterocycles. The normalized spacial score (nSPS) is 19.7. The van der Waals surface area contributed by atoms with Crippen molar-refractivity contribution in [3.05, 3.63) is 33.3 Å². The summed E-state index contributed by atoms with van der Waals surface area (Å²) in [6, 6.07) is 0. The van der Waals surface area contributed by atoms with Gasteiger partial charge in [-0.05, 0) is 35.2 Å². The molecule has 1 aliphatic heterocycles. The molecule has 0 N–H and O–H groups in total. The summed E-state index contributed by atoms with van der Waals surface area (Å²) >= 11 is 2.45. The van der Waals surface area contributed by atoms with Crippen LogP contribution in [0.5, 0.6) is 0 Å². The van der Waals surface area contributed by atoms with Crippen LogP contribution in [0.2, 0.25) is 0 Å². The van der Waals surface area contributed by atoms with Gasteiger partial charge >= 0.3 is 0 Å². The molecule has 106 valence electrons. The lowest BCUT2D eigenvalue weighted by Gasteiger charge is -2.23. The fraction of sp³-hybridized carbons (Fsp3) is 0.500. The molecule has 1 fully saturated rings. The van der Waals surface area contributed by atoms with E-state index in [2.05, 4.69) is 15.9 Å². The van der Waals surface area contributed by atoms with Gasteiger partial charge in [-0.15, -0.1) is 0 Å². The first kappa shape index (κ1) is 14.7. The molecule has 1 unspecified atom stereocenters. The van der Waals surface area contributed by atoms with Crippen LogP contribution >= 0.6 is 15.9 Å². The van der Waals surface area contributed by atoms with Crippen molar-refractivity contribution in [1.29, 1.82) is 0 Å². The van der Waals surface area contributed by atoms with Crippen molar-refractivity contribution < 1.29 is 27.0 Å². The lowest BCUT2D eigenvalue weighted by molar-refractivity contribution is -0.169. The first-order chi connectivity index (χ1) is 9.02. The highest BCUT2D eigenvalue weighted by Gasteiger charge is 2.25. The van der Waals surface area contributed by atoms with Gasteiger partial charge in [0.1, 0.15) is 0 Å². The minimum absolute atomic E-state index is 0.499. The van der Waals surface area contributed by atoms with E-state index in [1.807, 2.05) is 0 Å². The predicted molar refractivity (Wildman–Crippen MR) is 62.4 cm³/mol. The molecule has 1 aliphatic rings. The molecular formula is C12H11BrF4O2. The third kappa shape index (κ3) is 3.09. The van der Waals surface area contributed by atoms with Crippen molar-refractivity contribution in [2.45, 2.75) is 32.2 Å². The average molecular weight is 343 g/mol. The first-order valence-corrected chi connectivity index (χ1v) is 6.55. The maximum absolute atomic E-state index is 13.5. The SMILES string of the molecule is Fc1c(F)c(COC2CCCCO2)c(F)c(F)c1Br. The molecule has 2 nitrogen and oxygen atoms in total. The van der Waals surface area contributed by atoms with Crippen molar-refractivity contribution in [1.82, 2.24) is 0 Å². The summed E-state index contributed by atoms with van der Waals surface area (Å²) in [4.78, 5) is 0. The van der Waals surface area contributed by atoms with E-state index in [-0.39, 0.29) is 0 Å². The molecule has 2 rings (SSSR count). The van der Waals surface area contributed by atoms with Crippen LogP contribution in [-0.2, 0) is 16.1 Å². The highest BCUT2D eigenvalue weighted by Crippen LogP contribution is 2.29. The van der Waals surface area contributed by atoms with Crippen LogP contribution in [0, 0.1) is 23.3 Å². The van der Waals surface area contributed by atoms with E-state index in [1.54, 1.807) is 0 Å². The third-order valence-corrected chi connectivity index (χ3v) is 3.55. The second-order valence-corrected chi connectivity index (χ2v) is 4.95. The van der Waals surface area contributed by atoms with Crippen LogP contribution < -0.4 is 0 Å². The Hall–Kier alpha value is -0.660. The van der Waals surface area contributed by atoms with Crippen LogP contribution in [-0.4, -0.2) is 12.9 Å². The molecule has 1 aromatic carbocycles. The monoisotopic (exact) mass is 342 g/mol. The number of halogens is 5. The van der Waals surface area contributed by atoms with Crippen molar-refractivity contribution in [2.24, 2.45) is 0 Å². The van der Waals surface area contributed by atoms with Gasteiger partial charge < -0.3 is 9.47 Å². The first-order valence-electron chi connectivity index (χ1n) is 5.76. The molecule has 1 aromatic rings. The van der Waals surface area contributed by atoms with Crippen molar-refractivity contribution in [3.8, 4) is 0 Å². The van der Waals surface area contributed by atoms with Crippen molar-refractivity contribution in [2.75, 3.05) is 6.61 Å². The molecule has 0 saturated carbocycles. The number of hydrogen-bond donors (Lipinski definition) is 0. The zero-order valence-electron chi connectivity index (χ0n) is 9.82. The molecule has 19 heavy (non-hydrogen) atoms. The third-order valence-electron chi connectivity index (χ3n) is 2.85. The molecule has 0 amide bonds. The number of benzene rings is 1. The molecule has 1 atom stereocenters. The van der Waals surface area contributed by atoms with E-state index < -0.39 is 46.2 Å². The average Bonchev–Trinajstić information content (AvgIpc) is 2.44. The second kappa shape index (κ2) is 6.19. The Bertz CT molecular complexity index is 446. The van der Waals surface area contributed by atoms with E-state index >= 15 is 0 Å². The van der Waals surface area contributed by atoms with Crippen molar-refractivity contribution in [3.63, 3.8) is 0 Å². The van der Waals surface area contributed by atoms with Crippen LogP contribution in [0.1, 0.15) is 24.8 Å². The summed E-state index contributed by atoms with van der Waals surface area (Å²) in [5, 5.41) is 0. The quantitative estimate of drug-likeness (QED) is 0.468. The molecule has 0 radical (unpaired) electrons. The highest BCUT2D eigenvalue weighted by atomic mass is 79.9. The molecule has 1 heterocycles. The van der Waals surface area contributed by atoms with Gasteiger partial charge in [0.15, 0.2) is 29.6 Å². The van der Waals surface area contributed by atoms with Gasteiger partial charge in [-0.2, -0.15) is 0 Å². The van der Waals surface area contributed by atoms with Crippen LogP contribution in [0.4, 0.5) is 17.6 Å². The van der Waals surface area contributed by atoms with Crippen LogP contribution in [0.15, 0.2) is 4.47 Å². The molecule has 7 heteroatoms. The Balaban J connectivity index is 2.15. The fourth-order valence-corrected chi connectivity index (χ4v) is 2.14. The standard InChI is InChI=1S/C12H11BrF4O2/c13-8-11(16)9(14)6(10(15)12(8)17)5-19-7-3-1-2-4-18-7/h7H,1-5H2. The molecular weight excluding hydrogens is 332 g/mol. The smallest absolute Gasteiger partial charge is 0.176 e. The van der Waals surface area contributed by atoms with Crippen LogP contribution in [0.3, 0.4) is 0 Å². The minimum atomic E-state index is -1.47. The number of hydrogen-bond acceptors (Lipinski definition) is 2. The van der Waals surface area contributed by atoms with Crippen LogP contribution in [0.25, 0.3) is 0 Å². The molecule has 0 aliphatic carbocycles. The van der Waals surface area contributed by atoms with E-state index in [0.717, 1.165) is 12.8 Å². The number of rotatable bonds is 3. The second-order valence-electron chi connectivity index (χ2n) is 4.16. The lowest BCUT2D eigenvalue weighted by Crippen LogP contribution is -2.22. The van der Waals surface area contributed by atoms with E-state index in [9.17, 15) is 17.6 Å². The van der Waals surface area contributed by atoms with Gasteiger partial charge in [0.25, 0.3) is 0 Å². The summed E-state index contributed by atoms with van der Waals surface area (Å²) in [6.45, 7) is -0.0812. The Labute approximate surface area is 115 Å². The maximum atomic E-state index is 13.5. The summed E-state index contributed by atoms with van der Waals surface area (Å²) in [7, 11) is 0. The molecule has 0 bridgehead atoms. The molecule has 0 spiro atoms. The topological polar surface area (TPSA) is 18.5 Å². The van der Waals surface area contributed by atoms with Gasteiger partial charge in [-0.25, -0.2) is 17.6 Å². The summed E-state index contributed by atoms with van der Waals surface area (Å²) in [6.07, 6.45) is 1.76. The molecule has 1 saturated heterocycles. The maximum Gasteiger partial charge on any atom is 0.176 e. The Morgan fingerprint density at radius 2 is 1.68 bits per heavy atom. The summed E-state index contributed by atoms with van der Waals surface area (Å²) in [5.74, 6) is -5.85. The van der Waals surface area contributed by atoms with Gasteiger partial charge in [-0.1, -0.05) is 0 Å². The van der Waals surface area contributed by atoms with Gasteiger partial charge in [0, 0.05) is 6.61 Å². The zero-order valence-corrected chi connectivity index (χ0v) is 11.4. The number of ether oxygens (including phenoxy) is 2. The van der Waals surface area contributed by atoms with E-state index in [0.29, 0.717) is 13.0 Å². The predicted octanol–water partition coefficient (Wildman–Crippen LogP) is 4.05. The van der Waals surface area contributed by atoms with Crippen molar-refractivity contribution >= 4 is 15.9 Å². The fourth-order valence-electron chi connectivity index (χ4n) is 1.80. The van der Waals surface area contributed by atoms with Gasteiger partial charge in [0.05, 0.1) is 16.6 Å². The summed E-state index contributed by atoms with van der Waals surface area (Å²) < 4.78 is 63.1. The highest BCUT2D eigenvalue weighted by molar-refractivity contribution is 9.10. The lowest BCUT2D eigenvalue weighted by atomic mass is 10.2. The Kier molecular flexibility index (Phi) is 4.81.